The number of halogens is 3. The first-order valence-electron chi connectivity index (χ1n) is 9.86. The number of aromatic nitrogens is 2. The van der Waals surface area contributed by atoms with Gasteiger partial charge in [-0.3, -0.25) is 4.79 Å². The Morgan fingerprint density at radius 2 is 1.94 bits per heavy atom. The van der Waals surface area contributed by atoms with Crippen LogP contribution in [-0.2, 0) is 22.1 Å². The number of ether oxygens (including phenoxy) is 2. The van der Waals surface area contributed by atoms with Crippen LogP contribution < -0.4 is 4.74 Å². The van der Waals surface area contributed by atoms with Crippen molar-refractivity contribution in [2.24, 2.45) is 0 Å². The Labute approximate surface area is 181 Å². The molecule has 0 N–H and O–H groups in total. The van der Waals surface area contributed by atoms with Crippen LogP contribution in [0.1, 0.15) is 33.6 Å². The van der Waals surface area contributed by atoms with Gasteiger partial charge in [0.15, 0.2) is 0 Å². The van der Waals surface area contributed by atoms with E-state index < -0.39 is 29.1 Å². The van der Waals surface area contributed by atoms with Crippen LogP contribution in [0.5, 0.6) is 5.75 Å². The predicted octanol–water partition coefficient (Wildman–Crippen LogP) is 4.55. The van der Waals surface area contributed by atoms with Crippen molar-refractivity contribution in [3.05, 3.63) is 65.0 Å². The summed E-state index contributed by atoms with van der Waals surface area (Å²) < 4.78 is 53.4. The molecule has 1 aliphatic rings. The van der Waals surface area contributed by atoms with Gasteiger partial charge in [-0.15, -0.1) is 0 Å². The number of esters is 1. The van der Waals surface area contributed by atoms with Crippen molar-refractivity contribution in [1.29, 1.82) is 0 Å². The van der Waals surface area contributed by atoms with Gasteiger partial charge in [0.1, 0.15) is 5.75 Å². The van der Waals surface area contributed by atoms with Gasteiger partial charge >= 0.3 is 12.1 Å². The smallest absolute Gasteiger partial charge is 0.417 e. The van der Waals surface area contributed by atoms with Gasteiger partial charge in [0.05, 0.1) is 30.5 Å². The molecule has 0 saturated heterocycles. The molecule has 1 aliphatic heterocycles. The first-order valence-corrected chi connectivity index (χ1v) is 9.86. The number of ketones is 1. The van der Waals surface area contributed by atoms with Crippen molar-refractivity contribution in [3.63, 3.8) is 0 Å². The quantitative estimate of drug-likeness (QED) is 0.336. The fourth-order valence-corrected chi connectivity index (χ4v) is 3.86. The monoisotopic (exact) mass is 444 g/mol. The second-order valence-corrected chi connectivity index (χ2v) is 7.36. The van der Waals surface area contributed by atoms with Gasteiger partial charge in [-0.2, -0.15) is 18.3 Å². The number of hydrogen-bond acceptors (Lipinski definition) is 5. The number of rotatable bonds is 4. The summed E-state index contributed by atoms with van der Waals surface area (Å²) in [4.78, 5) is 25.0. The number of methoxy groups -OCH3 is 1. The summed E-state index contributed by atoms with van der Waals surface area (Å²) in [5.74, 6) is -2.12. The maximum atomic E-state index is 14.0. The molecular weight excluding hydrogens is 425 g/mol. The minimum absolute atomic E-state index is 0.0459. The largest absolute Gasteiger partial charge is 0.493 e. The fraction of sp³-hybridized carbons (Fsp3) is 0.261. The molecule has 3 aromatic rings. The van der Waals surface area contributed by atoms with Crippen LogP contribution >= 0.6 is 0 Å². The molecule has 0 fully saturated rings. The average Bonchev–Trinajstić information content (AvgIpc) is 3.21. The Kier molecular flexibility index (Phi) is 5.50. The fourth-order valence-electron chi connectivity index (χ4n) is 3.86. The van der Waals surface area contributed by atoms with Crippen LogP contribution in [0.25, 0.3) is 16.8 Å². The number of aryl methyl sites for hydroxylation is 2. The van der Waals surface area contributed by atoms with E-state index in [9.17, 15) is 22.8 Å². The number of Topliss-reactive ketones (excluding diaryl/α,β-unsaturated/α-hetero) is 1. The van der Waals surface area contributed by atoms with E-state index in [-0.39, 0.29) is 11.3 Å². The Morgan fingerprint density at radius 3 is 2.59 bits per heavy atom. The van der Waals surface area contributed by atoms with Crippen molar-refractivity contribution in [2.45, 2.75) is 25.9 Å². The summed E-state index contributed by atoms with van der Waals surface area (Å²) in [7, 11) is 0.949. The molecule has 32 heavy (non-hydrogen) atoms. The van der Waals surface area contributed by atoms with Crippen LogP contribution in [0.2, 0.25) is 0 Å². The van der Waals surface area contributed by atoms with E-state index in [2.05, 4.69) is 9.84 Å². The van der Waals surface area contributed by atoms with Gasteiger partial charge in [-0.05, 0) is 61.2 Å². The van der Waals surface area contributed by atoms with E-state index in [0.717, 1.165) is 25.2 Å². The number of fused-ring (bicyclic) bond motifs is 1. The maximum Gasteiger partial charge on any atom is 0.417 e. The number of nitrogens with zero attached hydrogens (tertiary/aromatic N) is 2. The highest BCUT2D eigenvalue weighted by Gasteiger charge is 2.40. The molecule has 6 nitrogen and oxygen atoms in total. The molecule has 0 atom stereocenters. The van der Waals surface area contributed by atoms with Crippen molar-refractivity contribution in [2.75, 3.05) is 13.7 Å². The molecule has 0 aliphatic carbocycles. The van der Waals surface area contributed by atoms with E-state index in [4.69, 9.17) is 4.74 Å². The molecule has 166 valence electrons. The van der Waals surface area contributed by atoms with E-state index in [1.54, 1.807) is 31.2 Å². The zero-order chi connectivity index (χ0) is 23.0. The Bertz CT molecular complexity index is 1210. The van der Waals surface area contributed by atoms with Gasteiger partial charge in [0.2, 0.25) is 0 Å². The molecule has 0 bridgehead atoms. The number of benzene rings is 2. The molecule has 0 spiro atoms. The van der Waals surface area contributed by atoms with Gasteiger partial charge in [0, 0.05) is 17.5 Å². The lowest BCUT2D eigenvalue weighted by atomic mass is 9.89. The number of hydrogen-bond donors (Lipinski definition) is 0. The third-order valence-electron chi connectivity index (χ3n) is 5.34. The van der Waals surface area contributed by atoms with Crippen LogP contribution in [0.4, 0.5) is 13.2 Å². The molecular formula is C23H19F3N2O4. The van der Waals surface area contributed by atoms with Gasteiger partial charge in [0.25, 0.3) is 5.78 Å². The molecule has 1 aromatic heterocycles. The number of carbonyl (C=O) groups is 2. The summed E-state index contributed by atoms with van der Waals surface area (Å²) in [6.45, 7) is 2.29. The lowest BCUT2D eigenvalue weighted by Crippen LogP contribution is -2.23. The van der Waals surface area contributed by atoms with Crippen molar-refractivity contribution < 1.29 is 32.2 Å². The highest BCUT2D eigenvalue weighted by molar-refractivity contribution is 6.42. The molecule has 0 radical (unpaired) electrons. The van der Waals surface area contributed by atoms with Gasteiger partial charge in [-0.25, -0.2) is 9.48 Å². The zero-order valence-electron chi connectivity index (χ0n) is 17.3. The summed E-state index contributed by atoms with van der Waals surface area (Å²) in [6, 6.07) is 8.66. The highest BCUT2D eigenvalue weighted by Crippen LogP contribution is 2.42. The second-order valence-electron chi connectivity index (χ2n) is 7.36. The van der Waals surface area contributed by atoms with E-state index in [1.807, 2.05) is 0 Å². The molecule has 0 unspecified atom stereocenters. The van der Waals surface area contributed by atoms with Gasteiger partial charge < -0.3 is 9.47 Å². The highest BCUT2D eigenvalue weighted by atomic mass is 19.4. The average molecular weight is 444 g/mol. The first kappa shape index (κ1) is 21.6. The topological polar surface area (TPSA) is 70.4 Å². The Hall–Kier alpha value is -3.62. The predicted molar refractivity (Wildman–Crippen MR) is 109 cm³/mol. The minimum Gasteiger partial charge on any atom is -0.493 e. The third-order valence-corrected chi connectivity index (χ3v) is 5.34. The van der Waals surface area contributed by atoms with Crippen LogP contribution in [0.15, 0.2) is 42.6 Å². The summed E-state index contributed by atoms with van der Waals surface area (Å²) in [5, 5.41) is 4.20. The third kappa shape index (κ3) is 3.74. The number of carbonyl (C=O) groups excluding carboxylic acids is 2. The second kappa shape index (κ2) is 8.14. The minimum atomic E-state index is -4.87. The van der Waals surface area contributed by atoms with E-state index >= 15 is 0 Å². The zero-order valence-corrected chi connectivity index (χ0v) is 17.3. The van der Waals surface area contributed by atoms with Crippen LogP contribution in [-0.4, -0.2) is 35.2 Å². The van der Waals surface area contributed by atoms with Crippen molar-refractivity contribution in [3.8, 4) is 22.6 Å². The normalized spacial score (nSPS) is 13.3. The number of alkyl halides is 3. The van der Waals surface area contributed by atoms with Crippen LogP contribution in [0, 0.1) is 6.92 Å². The first-order chi connectivity index (χ1) is 15.2. The van der Waals surface area contributed by atoms with E-state index in [0.29, 0.717) is 30.0 Å². The summed E-state index contributed by atoms with van der Waals surface area (Å²) in [6.07, 6.45) is -1.93. The Morgan fingerprint density at radius 1 is 1.16 bits per heavy atom. The maximum absolute atomic E-state index is 14.0. The molecule has 4 rings (SSSR count). The summed E-state index contributed by atoms with van der Waals surface area (Å²) >= 11 is 0. The molecule has 0 saturated carbocycles. The molecule has 9 heteroatoms. The lowest BCUT2D eigenvalue weighted by Gasteiger charge is -2.22. The molecule has 2 heterocycles. The SMILES string of the molecule is COC(=O)C(=O)c1c(C(F)(F)F)ccc(-n2nccc2C)c1-c1ccc2c(c1)CCCO2. The van der Waals surface area contributed by atoms with E-state index in [1.165, 1.54) is 16.9 Å². The summed E-state index contributed by atoms with van der Waals surface area (Å²) in [5.41, 5.74) is 0.00530. The van der Waals surface area contributed by atoms with Crippen LogP contribution in [0.3, 0.4) is 0 Å². The standard InChI is InChI=1S/C23H19F3N2O4/c1-13-9-10-27-28(13)17-7-6-16(23(24,25)26)20(21(29)22(30)31-2)19(17)15-5-8-18-14(12-15)4-3-11-32-18/h5-10,12H,3-4,11H2,1-2H3. The molecule has 2 aromatic carbocycles. The van der Waals surface area contributed by atoms with Gasteiger partial charge in [-0.1, -0.05) is 6.07 Å². The lowest BCUT2D eigenvalue weighted by molar-refractivity contribution is -0.138. The van der Waals surface area contributed by atoms with Crippen molar-refractivity contribution in [1.82, 2.24) is 9.78 Å². The Balaban J connectivity index is 2.09. The molecule has 0 amide bonds. The van der Waals surface area contributed by atoms with Crippen molar-refractivity contribution >= 4 is 11.8 Å².